The number of aromatic carboxylic acids is 1. The zero-order chi connectivity index (χ0) is 57.1. The van der Waals surface area contributed by atoms with Gasteiger partial charge in [0.25, 0.3) is 17.7 Å². The van der Waals surface area contributed by atoms with Crippen molar-refractivity contribution in [2.24, 2.45) is 0 Å². The SMILES string of the molecule is C.C.C.C.C.C.C.C.C.CNC(=O)c1cc[c-]c(C(=O)Nc2c(C)c(C)c(C)c(C)c2C)c1.CNC(=O)c1ccc(C)c(C(=O)Nc2c(C)c(C)c(C)c(C)c2C)c1.CNC(=O)c1ccc(C)c(C(=O)O)c1.Cc1c(C)c(C)c(N)c(C)c1C.[Y]. The second-order valence-corrected chi connectivity index (χ2v) is 19.0. The third-order valence-corrected chi connectivity index (χ3v) is 15.0. The average Bonchev–Trinajstić information content (AvgIpc) is 3.41. The number of carboxylic acid groups (broad SMARTS) is 1. The van der Waals surface area contributed by atoms with E-state index in [1.807, 2.05) is 34.6 Å². The largest absolute Gasteiger partial charge is 0.478 e. The Balaban J connectivity index is -0.000000155. The van der Waals surface area contributed by atoms with E-state index >= 15 is 0 Å². The van der Waals surface area contributed by atoms with E-state index in [0.717, 1.165) is 44.9 Å². The van der Waals surface area contributed by atoms with Crippen LogP contribution in [0.25, 0.3) is 0 Å². The fourth-order valence-corrected chi connectivity index (χ4v) is 8.44. The molecular weight excluding hydrogens is 1140 g/mol. The van der Waals surface area contributed by atoms with Crippen molar-refractivity contribution in [3.8, 4) is 0 Å². The molecular formula is C71H113N6O7Y-. The number of benzene rings is 6. The van der Waals surface area contributed by atoms with Gasteiger partial charge in [-0.2, -0.15) is 0 Å². The molecule has 0 saturated carbocycles. The van der Waals surface area contributed by atoms with E-state index < -0.39 is 5.97 Å². The number of aryl methyl sites for hydroxylation is 2. The number of nitrogens with two attached hydrogens (primary N) is 1. The second kappa shape index (κ2) is 41.2. The summed E-state index contributed by atoms with van der Waals surface area (Å²) in [6.45, 7) is 34.7. The topological polar surface area (TPSA) is 209 Å². The van der Waals surface area contributed by atoms with Gasteiger partial charge in [0, 0.05) is 87.6 Å². The third kappa shape index (κ3) is 22.4. The van der Waals surface area contributed by atoms with Crippen LogP contribution in [0.2, 0.25) is 0 Å². The number of hydrogen-bond donors (Lipinski definition) is 7. The molecule has 1 radical (unpaired) electrons. The Labute approximate surface area is 542 Å². The first-order valence-corrected chi connectivity index (χ1v) is 24.7. The molecule has 0 aromatic heterocycles. The maximum absolute atomic E-state index is 12.9. The molecule has 5 amide bonds. The fraction of sp³-hybridized carbons (Fsp3) is 0.408. The summed E-state index contributed by atoms with van der Waals surface area (Å²) in [6.07, 6.45) is 0. The maximum Gasteiger partial charge on any atom is 0.335 e. The summed E-state index contributed by atoms with van der Waals surface area (Å²) in [7, 11) is 4.64. The van der Waals surface area contributed by atoms with Crippen molar-refractivity contribution in [3.05, 3.63) is 189 Å². The van der Waals surface area contributed by atoms with E-state index in [2.05, 4.69) is 109 Å². The molecule has 85 heavy (non-hydrogen) atoms. The van der Waals surface area contributed by atoms with E-state index in [-0.39, 0.29) is 135 Å². The first-order chi connectivity index (χ1) is 35.0. The summed E-state index contributed by atoms with van der Waals surface area (Å²) in [5, 5.41) is 22.4. The quantitative estimate of drug-likeness (QED) is 0.0575. The van der Waals surface area contributed by atoms with Crippen LogP contribution < -0.4 is 32.3 Å². The number of amides is 5. The molecule has 14 heteroatoms. The molecule has 0 spiro atoms. The van der Waals surface area contributed by atoms with Gasteiger partial charge in [0.05, 0.1) is 5.56 Å². The van der Waals surface area contributed by atoms with Gasteiger partial charge in [-0.1, -0.05) is 84.5 Å². The van der Waals surface area contributed by atoms with Gasteiger partial charge in [0.2, 0.25) is 5.91 Å². The minimum absolute atomic E-state index is 0. The molecule has 13 nitrogen and oxygen atoms in total. The first-order valence-electron chi connectivity index (χ1n) is 24.7. The Morgan fingerprint density at radius 2 is 0.635 bits per heavy atom. The molecule has 8 N–H and O–H groups in total. The second-order valence-electron chi connectivity index (χ2n) is 19.0. The summed E-state index contributed by atoms with van der Waals surface area (Å²) in [5.74, 6) is -2.21. The zero-order valence-electron chi connectivity index (χ0n) is 48.2. The fourth-order valence-electron chi connectivity index (χ4n) is 8.44. The molecule has 0 bridgehead atoms. The van der Waals surface area contributed by atoms with Crippen molar-refractivity contribution in [2.75, 3.05) is 37.5 Å². The molecule has 0 unspecified atom stereocenters. The zero-order valence-corrected chi connectivity index (χ0v) is 51.1. The van der Waals surface area contributed by atoms with Gasteiger partial charge in [-0.25, -0.2) is 4.79 Å². The van der Waals surface area contributed by atoms with Crippen molar-refractivity contribution in [1.29, 1.82) is 0 Å². The van der Waals surface area contributed by atoms with Crippen LogP contribution in [0.5, 0.6) is 0 Å². The molecule has 0 aliphatic rings. The van der Waals surface area contributed by atoms with Crippen LogP contribution in [0.3, 0.4) is 0 Å². The summed E-state index contributed by atoms with van der Waals surface area (Å²) in [5.41, 5.74) is 30.4. The maximum atomic E-state index is 12.9. The van der Waals surface area contributed by atoms with Gasteiger partial charge in [-0.3, -0.25) is 19.2 Å². The Bertz CT molecular complexity index is 3070. The molecule has 6 rings (SSSR count). The van der Waals surface area contributed by atoms with E-state index in [0.29, 0.717) is 33.4 Å². The van der Waals surface area contributed by atoms with Crippen LogP contribution in [-0.4, -0.2) is 61.8 Å². The van der Waals surface area contributed by atoms with Gasteiger partial charge in [-0.05, 0) is 242 Å². The number of anilines is 3. The number of nitrogen functional groups attached to an aromatic ring is 1. The normalized spacial score (nSPS) is 9.08. The molecule has 0 fully saturated rings. The van der Waals surface area contributed by atoms with Gasteiger partial charge >= 0.3 is 5.97 Å². The van der Waals surface area contributed by atoms with Crippen LogP contribution in [0, 0.1) is 124 Å². The van der Waals surface area contributed by atoms with E-state index in [9.17, 15) is 28.8 Å². The first kappa shape index (κ1) is 94.4. The molecule has 6 aromatic rings. The Morgan fingerprint density at radius 1 is 0.365 bits per heavy atom. The van der Waals surface area contributed by atoms with Gasteiger partial charge in [0.1, 0.15) is 0 Å². The van der Waals surface area contributed by atoms with Crippen molar-refractivity contribution >= 4 is 52.6 Å². The molecule has 0 saturated heterocycles. The summed E-state index contributed by atoms with van der Waals surface area (Å²) >= 11 is 0. The minimum atomic E-state index is -1.02. The predicted octanol–water partition coefficient (Wildman–Crippen LogP) is 17.4. The van der Waals surface area contributed by atoms with Crippen LogP contribution in [0.15, 0.2) is 54.6 Å². The van der Waals surface area contributed by atoms with Crippen LogP contribution >= 0.6 is 0 Å². The predicted molar refractivity (Wildman–Crippen MR) is 366 cm³/mol. The van der Waals surface area contributed by atoms with Crippen molar-refractivity contribution in [1.82, 2.24) is 16.0 Å². The Morgan fingerprint density at radius 3 is 0.953 bits per heavy atom. The van der Waals surface area contributed by atoms with E-state index in [4.69, 9.17) is 10.8 Å². The summed E-state index contributed by atoms with van der Waals surface area (Å²) in [6, 6.07) is 17.4. The summed E-state index contributed by atoms with van der Waals surface area (Å²) in [4.78, 5) is 71.0. The molecule has 0 heterocycles. The smallest absolute Gasteiger partial charge is 0.335 e. The number of rotatable bonds is 8. The Hall–Kier alpha value is -6.96. The minimum Gasteiger partial charge on any atom is -0.478 e. The molecule has 473 valence electrons. The van der Waals surface area contributed by atoms with E-state index in [1.54, 1.807) is 69.6 Å². The molecule has 0 atom stereocenters. The van der Waals surface area contributed by atoms with E-state index in [1.165, 1.54) is 74.3 Å². The Kier molecular flexibility index (Phi) is 45.7. The van der Waals surface area contributed by atoms with Gasteiger partial charge < -0.3 is 42.2 Å². The number of carbonyl (C=O) groups is 6. The number of carbonyl (C=O) groups excluding carboxylic acids is 5. The monoisotopic (exact) mass is 1250 g/mol. The van der Waals surface area contributed by atoms with Crippen LogP contribution in [0.1, 0.15) is 224 Å². The van der Waals surface area contributed by atoms with Crippen molar-refractivity contribution in [3.63, 3.8) is 0 Å². The van der Waals surface area contributed by atoms with Gasteiger partial charge in [-0.15, -0.1) is 24.3 Å². The van der Waals surface area contributed by atoms with Crippen molar-refractivity contribution in [2.45, 2.75) is 185 Å². The van der Waals surface area contributed by atoms with Crippen LogP contribution in [0.4, 0.5) is 17.1 Å². The molecule has 6 aromatic carbocycles. The third-order valence-electron chi connectivity index (χ3n) is 15.0. The summed E-state index contributed by atoms with van der Waals surface area (Å²) < 4.78 is 0. The number of nitrogens with one attached hydrogen (secondary N) is 5. The van der Waals surface area contributed by atoms with Crippen LogP contribution in [-0.2, 0) is 32.7 Å². The van der Waals surface area contributed by atoms with Gasteiger partial charge in [0.15, 0.2) is 5.91 Å². The number of hydrogen-bond acceptors (Lipinski definition) is 7. The molecule has 0 aliphatic heterocycles. The van der Waals surface area contributed by atoms with Crippen molar-refractivity contribution < 1.29 is 66.6 Å². The average molecular weight is 1250 g/mol. The number of carboxylic acids is 1. The standard InChI is InChI=1S/C21H26N2O2.C20H23N2O2.C11H17N.C10H11NO3.9CH4.Y/c1-11-8-9-17(20(24)22-7)10-18(11)21(25)23-19-15(5)13(3)12(2)14(4)16(19)6;1-11-12(2)14(4)18(15(5)13(11)3)22-20(24)17-9-7-8-16(10-17)19(23)21-6;1-6-7(2)9(4)11(12)10(5)8(6)3;1-6-3-4-7(9(12)11-2)5-8(6)10(13)14;;;;;;;;;;/h8-10H,1-7H3,(H,22,24)(H,23,25);7-8,10H,1-6H3,(H,21,23)(H,22,24);12H2,1-5H3;3-5H,1-2H3,(H,11,12)(H,13,14);9*1H4;/q;-1;;;;;;;;;;;;. The molecule has 0 aliphatic carbocycles.